The Morgan fingerprint density at radius 1 is 1.07 bits per heavy atom. The predicted octanol–water partition coefficient (Wildman–Crippen LogP) is 2.98. The molecule has 0 fully saturated rings. The van der Waals surface area contributed by atoms with Crippen molar-refractivity contribution in [1.82, 2.24) is 10.7 Å². The second-order valence-electron chi connectivity index (χ2n) is 6.25. The van der Waals surface area contributed by atoms with Gasteiger partial charge < -0.3 is 10.1 Å². The number of rotatable bonds is 7. The first-order valence-corrected chi connectivity index (χ1v) is 8.93. The number of nitrogens with one attached hydrogen (secondary N) is 2. The van der Waals surface area contributed by atoms with E-state index in [1.807, 2.05) is 55.5 Å². The number of para-hydroxylation sites is 1. The van der Waals surface area contributed by atoms with Crippen LogP contribution < -0.4 is 15.5 Å². The number of carbonyl (C=O) groups is 2. The van der Waals surface area contributed by atoms with E-state index in [1.54, 1.807) is 0 Å². The fraction of sp³-hybridized carbons (Fsp3) is 0.286. The van der Waals surface area contributed by atoms with Gasteiger partial charge in [0.1, 0.15) is 5.75 Å². The molecule has 6 nitrogen and oxygen atoms in total. The van der Waals surface area contributed by atoms with Crippen LogP contribution in [0.3, 0.4) is 0 Å². The van der Waals surface area contributed by atoms with E-state index in [0.29, 0.717) is 23.8 Å². The van der Waals surface area contributed by atoms with Crippen LogP contribution in [0.4, 0.5) is 0 Å². The second-order valence-corrected chi connectivity index (χ2v) is 6.25. The standard InChI is InChI=1S/C21H25N3O3/c1-4-27-19-8-6-5-7-18(19)14-23-24-21(26)20(25)22-13-16-9-11-17(12-10-16)15(2)3/h5-12,14-15H,4,13H2,1-3H3,(H,22,25)(H,24,26)/b23-14-. The Balaban J connectivity index is 1.84. The minimum atomic E-state index is -0.820. The molecule has 0 saturated heterocycles. The summed E-state index contributed by atoms with van der Waals surface area (Å²) >= 11 is 0. The lowest BCUT2D eigenvalue weighted by Crippen LogP contribution is -2.37. The molecule has 0 spiro atoms. The highest BCUT2D eigenvalue weighted by atomic mass is 16.5. The van der Waals surface area contributed by atoms with Crippen molar-refractivity contribution < 1.29 is 14.3 Å². The first kappa shape index (κ1) is 20.2. The molecule has 2 N–H and O–H groups in total. The Hall–Kier alpha value is -3.15. The third kappa shape index (κ3) is 6.26. The zero-order chi connectivity index (χ0) is 19.6. The van der Waals surface area contributed by atoms with E-state index >= 15 is 0 Å². The van der Waals surface area contributed by atoms with Gasteiger partial charge in [-0.05, 0) is 36.1 Å². The van der Waals surface area contributed by atoms with Gasteiger partial charge in [-0.3, -0.25) is 9.59 Å². The summed E-state index contributed by atoms with van der Waals surface area (Å²) in [7, 11) is 0. The van der Waals surface area contributed by atoms with Crippen LogP contribution in [0.5, 0.6) is 5.75 Å². The molecular weight excluding hydrogens is 342 g/mol. The molecule has 6 heteroatoms. The molecule has 27 heavy (non-hydrogen) atoms. The Morgan fingerprint density at radius 3 is 2.44 bits per heavy atom. The fourth-order valence-corrected chi connectivity index (χ4v) is 2.37. The molecule has 2 aromatic carbocycles. The summed E-state index contributed by atoms with van der Waals surface area (Å²) in [5, 5.41) is 6.40. The zero-order valence-corrected chi connectivity index (χ0v) is 15.9. The number of benzene rings is 2. The molecule has 0 aliphatic rings. The van der Waals surface area contributed by atoms with Crippen molar-refractivity contribution in [3.63, 3.8) is 0 Å². The molecule has 0 aliphatic carbocycles. The number of hydrazone groups is 1. The molecular formula is C21H25N3O3. The van der Waals surface area contributed by atoms with Crippen LogP contribution in [-0.4, -0.2) is 24.6 Å². The van der Waals surface area contributed by atoms with Gasteiger partial charge in [0.25, 0.3) is 0 Å². The summed E-state index contributed by atoms with van der Waals surface area (Å²) in [6, 6.07) is 15.2. The lowest BCUT2D eigenvalue weighted by Gasteiger charge is -2.08. The van der Waals surface area contributed by atoms with Crippen LogP contribution >= 0.6 is 0 Å². The first-order valence-electron chi connectivity index (χ1n) is 8.93. The van der Waals surface area contributed by atoms with E-state index in [-0.39, 0.29) is 6.54 Å². The molecule has 0 saturated carbocycles. The highest BCUT2D eigenvalue weighted by molar-refractivity contribution is 6.35. The molecule has 0 aliphatic heterocycles. The summed E-state index contributed by atoms with van der Waals surface area (Å²) in [6.45, 7) is 6.93. The van der Waals surface area contributed by atoms with Gasteiger partial charge in [-0.15, -0.1) is 0 Å². The van der Waals surface area contributed by atoms with Crippen molar-refractivity contribution in [2.24, 2.45) is 5.10 Å². The van der Waals surface area contributed by atoms with Gasteiger partial charge in [0, 0.05) is 12.1 Å². The molecule has 2 rings (SSSR count). The molecule has 0 aromatic heterocycles. The molecule has 0 bridgehead atoms. The summed E-state index contributed by atoms with van der Waals surface area (Å²) < 4.78 is 5.47. The molecule has 0 unspecified atom stereocenters. The van der Waals surface area contributed by atoms with Gasteiger partial charge in [0.05, 0.1) is 12.8 Å². The first-order chi connectivity index (χ1) is 13.0. The van der Waals surface area contributed by atoms with Crippen LogP contribution in [0.15, 0.2) is 53.6 Å². The number of nitrogens with zero attached hydrogens (tertiary/aromatic N) is 1. The second kappa shape index (κ2) is 10.1. The van der Waals surface area contributed by atoms with E-state index in [0.717, 1.165) is 5.56 Å². The van der Waals surface area contributed by atoms with Gasteiger partial charge in [-0.25, -0.2) is 5.43 Å². The van der Waals surface area contributed by atoms with E-state index in [4.69, 9.17) is 4.74 Å². The van der Waals surface area contributed by atoms with Crippen molar-refractivity contribution in [3.8, 4) is 5.75 Å². The number of ether oxygens (including phenoxy) is 1. The Morgan fingerprint density at radius 2 is 1.78 bits per heavy atom. The monoisotopic (exact) mass is 367 g/mol. The predicted molar refractivity (Wildman–Crippen MR) is 106 cm³/mol. The van der Waals surface area contributed by atoms with Gasteiger partial charge >= 0.3 is 11.8 Å². The van der Waals surface area contributed by atoms with Crippen LogP contribution in [0.25, 0.3) is 0 Å². The largest absolute Gasteiger partial charge is 0.493 e. The minimum absolute atomic E-state index is 0.279. The molecule has 0 heterocycles. The van der Waals surface area contributed by atoms with Crippen molar-refractivity contribution in [2.75, 3.05) is 6.61 Å². The van der Waals surface area contributed by atoms with Gasteiger partial charge in [-0.2, -0.15) is 5.10 Å². The highest BCUT2D eigenvalue weighted by Crippen LogP contribution is 2.15. The summed E-state index contributed by atoms with van der Waals surface area (Å²) in [6.07, 6.45) is 1.45. The fourth-order valence-electron chi connectivity index (χ4n) is 2.37. The quantitative estimate of drug-likeness (QED) is 0.449. The number of amides is 2. The number of hydrogen-bond acceptors (Lipinski definition) is 4. The smallest absolute Gasteiger partial charge is 0.329 e. The van der Waals surface area contributed by atoms with Crippen LogP contribution in [0.1, 0.15) is 43.4 Å². The lowest BCUT2D eigenvalue weighted by molar-refractivity contribution is -0.139. The Labute approximate surface area is 159 Å². The average Bonchev–Trinajstić information content (AvgIpc) is 2.67. The SMILES string of the molecule is CCOc1ccccc1/C=N\NC(=O)C(=O)NCc1ccc(C(C)C)cc1. The third-order valence-corrected chi connectivity index (χ3v) is 3.89. The molecule has 2 amide bonds. The minimum Gasteiger partial charge on any atom is -0.493 e. The van der Waals surface area contributed by atoms with E-state index in [9.17, 15) is 9.59 Å². The van der Waals surface area contributed by atoms with Crippen LogP contribution in [-0.2, 0) is 16.1 Å². The number of hydrogen-bond donors (Lipinski definition) is 2. The Bertz CT molecular complexity index is 799. The highest BCUT2D eigenvalue weighted by Gasteiger charge is 2.12. The Kier molecular flexibility index (Phi) is 7.55. The van der Waals surface area contributed by atoms with E-state index in [2.05, 4.69) is 29.7 Å². The maximum atomic E-state index is 11.9. The van der Waals surface area contributed by atoms with Crippen molar-refractivity contribution in [3.05, 3.63) is 65.2 Å². The summed E-state index contributed by atoms with van der Waals surface area (Å²) in [5.41, 5.74) is 5.09. The number of carbonyl (C=O) groups excluding carboxylic acids is 2. The van der Waals surface area contributed by atoms with E-state index < -0.39 is 11.8 Å². The molecule has 2 aromatic rings. The molecule has 142 valence electrons. The average molecular weight is 367 g/mol. The van der Waals surface area contributed by atoms with E-state index in [1.165, 1.54) is 11.8 Å². The van der Waals surface area contributed by atoms with Gasteiger partial charge in [0.2, 0.25) is 0 Å². The zero-order valence-electron chi connectivity index (χ0n) is 15.9. The molecule has 0 atom stereocenters. The normalized spacial score (nSPS) is 10.8. The molecule has 0 radical (unpaired) electrons. The van der Waals surface area contributed by atoms with Crippen molar-refractivity contribution in [2.45, 2.75) is 33.2 Å². The van der Waals surface area contributed by atoms with Crippen molar-refractivity contribution >= 4 is 18.0 Å². The summed E-state index contributed by atoms with van der Waals surface area (Å²) in [4.78, 5) is 23.7. The van der Waals surface area contributed by atoms with Gasteiger partial charge in [0.15, 0.2) is 0 Å². The maximum absolute atomic E-state index is 11.9. The maximum Gasteiger partial charge on any atom is 0.329 e. The lowest BCUT2D eigenvalue weighted by atomic mass is 10.0. The van der Waals surface area contributed by atoms with Gasteiger partial charge in [-0.1, -0.05) is 50.2 Å². The van der Waals surface area contributed by atoms with Crippen LogP contribution in [0, 0.1) is 0 Å². The third-order valence-electron chi connectivity index (χ3n) is 3.89. The summed E-state index contributed by atoms with van der Waals surface area (Å²) in [5.74, 6) is -0.449. The topological polar surface area (TPSA) is 79.8 Å². The van der Waals surface area contributed by atoms with Crippen molar-refractivity contribution in [1.29, 1.82) is 0 Å². The van der Waals surface area contributed by atoms with Crippen LogP contribution in [0.2, 0.25) is 0 Å².